The number of benzene rings is 2. The number of carbonyl (C=O) groups is 3. The summed E-state index contributed by atoms with van der Waals surface area (Å²) in [5.74, 6) is -1.74. The zero-order valence-corrected chi connectivity index (χ0v) is 22.0. The number of ketones is 1. The van der Waals surface area contributed by atoms with Gasteiger partial charge in [0.1, 0.15) is 11.5 Å². The third-order valence-electron chi connectivity index (χ3n) is 6.84. The third kappa shape index (κ3) is 4.39. The second-order valence-corrected chi connectivity index (χ2v) is 9.72. The van der Waals surface area contributed by atoms with Gasteiger partial charge in [-0.3, -0.25) is 14.4 Å². The van der Waals surface area contributed by atoms with Crippen LogP contribution >= 0.6 is 0 Å². The highest BCUT2D eigenvalue weighted by atomic mass is 16.5. The van der Waals surface area contributed by atoms with Crippen molar-refractivity contribution in [2.75, 3.05) is 45.2 Å². The molecule has 196 valence electrons. The van der Waals surface area contributed by atoms with Gasteiger partial charge in [-0.1, -0.05) is 32.0 Å². The number of hydrogen-bond acceptors (Lipinski definition) is 6. The lowest BCUT2D eigenvalue weighted by molar-refractivity contribution is -0.143. The summed E-state index contributed by atoms with van der Waals surface area (Å²) < 4.78 is 5.64. The van der Waals surface area contributed by atoms with Crippen LogP contribution in [0.1, 0.15) is 44.2 Å². The highest BCUT2D eigenvalue weighted by Crippen LogP contribution is 2.53. The molecule has 4 rings (SSSR count). The van der Waals surface area contributed by atoms with Crippen LogP contribution in [0, 0.1) is 0 Å². The first-order chi connectivity index (χ1) is 17.8. The Balaban J connectivity index is 1.92. The maximum atomic E-state index is 14.3. The monoisotopic (exact) mass is 505 g/mol. The van der Waals surface area contributed by atoms with E-state index in [0.717, 1.165) is 6.42 Å². The molecule has 2 amide bonds. The van der Waals surface area contributed by atoms with Crippen LogP contribution in [0.5, 0.6) is 5.75 Å². The minimum absolute atomic E-state index is 0.180. The molecule has 2 aromatic rings. The van der Waals surface area contributed by atoms with E-state index in [1.165, 1.54) is 4.90 Å². The zero-order chi connectivity index (χ0) is 26.7. The average Bonchev–Trinajstić information content (AvgIpc) is 3.26. The van der Waals surface area contributed by atoms with E-state index in [0.29, 0.717) is 55.1 Å². The van der Waals surface area contributed by atoms with Crippen molar-refractivity contribution in [1.82, 2.24) is 9.80 Å². The first-order valence-corrected chi connectivity index (χ1v) is 12.9. The lowest BCUT2D eigenvalue weighted by Gasteiger charge is -2.34. The Morgan fingerprint density at radius 3 is 2.32 bits per heavy atom. The van der Waals surface area contributed by atoms with E-state index in [1.54, 1.807) is 41.3 Å². The van der Waals surface area contributed by atoms with Gasteiger partial charge in [0.25, 0.3) is 17.6 Å². The van der Waals surface area contributed by atoms with Crippen LogP contribution in [0.25, 0.3) is 5.76 Å². The SMILES string of the molecule is CCCOc1ccc(C(O)=C2C(=O)C(=O)N(CCCN(C)C)[C@@]23C(=O)N(CCC)c2ccccc23)cc1. The summed E-state index contributed by atoms with van der Waals surface area (Å²) in [6.07, 6.45) is 2.12. The van der Waals surface area contributed by atoms with E-state index in [9.17, 15) is 19.5 Å². The number of para-hydroxylation sites is 1. The number of rotatable bonds is 10. The largest absolute Gasteiger partial charge is 0.507 e. The maximum absolute atomic E-state index is 14.3. The minimum atomic E-state index is -1.71. The van der Waals surface area contributed by atoms with Crippen molar-refractivity contribution >= 4 is 29.0 Å². The summed E-state index contributed by atoms with van der Waals surface area (Å²) in [5.41, 5.74) is -0.354. The summed E-state index contributed by atoms with van der Waals surface area (Å²) in [7, 11) is 3.85. The van der Waals surface area contributed by atoms with Crippen LogP contribution in [0.15, 0.2) is 54.1 Å². The predicted octanol–water partition coefficient (Wildman–Crippen LogP) is 3.76. The molecular weight excluding hydrogens is 470 g/mol. The standard InChI is InChI=1S/C29H35N3O5/c1-5-16-31-23-11-8-7-10-22(23)29(28(31)36)24(26(34)27(35)32(29)18-9-17-30(3)4)25(33)20-12-14-21(15-13-20)37-19-6-2/h7-8,10-15,33H,5-6,9,16-19H2,1-4H3/t29-/m1/s1. The highest BCUT2D eigenvalue weighted by Gasteiger charge is 2.66. The fourth-order valence-corrected chi connectivity index (χ4v) is 5.23. The number of aliphatic hydroxyl groups excluding tert-OH is 1. The zero-order valence-electron chi connectivity index (χ0n) is 22.0. The Hall–Kier alpha value is -3.65. The van der Waals surface area contributed by atoms with Gasteiger partial charge in [-0.25, -0.2) is 0 Å². The lowest BCUT2D eigenvalue weighted by atomic mass is 9.82. The second kappa shape index (κ2) is 10.8. The highest BCUT2D eigenvalue weighted by molar-refractivity contribution is 6.50. The number of aliphatic hydroxyl groups is 1. The Morgan fingerprint density at radius 1 is 0.973 bits per heavy atom. The van der Waals surface area contributed by atoms with Gasteiger partial charge >= 0.3 is 0 Å². The molecule has 37 heavy (non-hydrogen) atoms. The van der Waals surface area contributed by atoms with Crippen molar-refractivity contribution in [3.8, 4) is 5.75 Å². The molecule has 0 aliphatic carbocycles. The number of carbonyl (C=O) groups excluding carboxylic acids is 3. The Morgan fingerprint density at radius 2 is 1.68 bits per heavy atom. The number of amides is 2. The quantitative estimate of drug-likeness (QED) is 0.300. The predicted molar refractivity (Wildman–Crippen MR) is 142 cm³/mol. The van der Waals surface area contributed by atoms with E-state index in [2.05, 4.69) is 0 Å². The number of likely N-dealkylation sites (tertiary alicyclic amines) is 1. The van der Waals surface area contributed by atoms with Gasteiger partial charge in [0.2, 0.25) is 0 Å². The molecule has 0 bridgehead atoms. The van der Waals surface area contributed by atoms with Crippen molar-refractivity contribution in [3.63, 3.8) is 0 Å². The van der Waals surface area contributed by atoms with Gasteiger partial charge in [-0.2, -0.15) is 0 Å². The molecule has 0 unspecified atom stereocenters. The van der Waals surface area contributed by atoms with Gasteiger partial charge in [0.15, 0.2) is 5.54 Å². The molecule has 8 heteroatoms. The number of anilines is 1. The molecule has 8 nitrogen and oxygen atoms in total. The average molecular weight is 506 g/mol. The minimum Gasteiger partial charge on any atom is -0.507 e. The van der Waals surface area contributed by atoms with Crippen LogP contribution in [0.2, 0.25) is 0 Å². The normalized spacial score (nSPS) is 20.4. The molecule has 1 N–H and O–H groups in total. The third-order valence-corrected chi connectivity index (χ3v) is 6.84. The maximum Gasteiger partial charge on any atom is 0.296 e. The van der Waals surface area contributed by atoms with Crippen LogP contribution in [0.4, 0.5) is 5.69 Å². The molecule has 2 aliphatic rings. The molecular formula is C29H35N3O5. The van der Waals surface area contributed by atoms with Crippen molar-refractivity contribution in [2.45, 2.75) is 38.6 Å². The van der Waals surface area contributed by atoms with E-state index in [-0.39, 0.29) is 23.8 Å². The molecule has 1 atom stereocenters. The topological polar surface area (TPSA) is 90.4 Å². The van der Waals surface area contributed by atoms with Crippen LogP contribution in [0.3, 0.4) is 0 Å². The van der Waals surface area contributed by atoms with Crippen molar-refractivity contribution < 1.29 is 24.2 Å². The summed E-state index contributed by atoms with van der Waals surface area (Å²) in [4.78, 5) is 46.4. The Kier molecular flexibility index (Phi) is 7.68. The molecule has 2 aliphatic heterocycles. The lowest BCUT2D eigenvalue weighted by Crippen LogP contribution is -2.52. The second-order valence-electron chi connectivity index (χ2n) is 9.72. The summed E-state index contributed by atoms with van der Waals surface area (Å²) >= 11 is 0. The van der Waals surface area contributed by atoms with Gasteiger partial charge in [-0.05, 0) is 70.2 Å². The fourth-order valence-electron chi connectivity index (χ4n) is 5.23. The van der Waals surface area contributed by atoms with Crippen LogP contribution in [-0.4, -0.2) is 72.8 Å². The van der Waals surface area contributed by atoms with Gasteiger partial charge in [-0.15, -0.1) is 0 Å². The van der Waals surface area contributed by atoms with E-state index < -0.39 is 17.2 Å². The van der Waals surface area contributed by atoms with Gasteiger partial charge in [0, 0.05) is 24.2 Å². The summed E-state index contributed by atoms with van der Waals surface area (Å²) in [6.45, 7) is 5.84. The van der Waals surface area contributed by atoms with E-state index in [4.69, 9.17) is 4.74 Å². The number of hydrogen-bond donors (Lipinski definition) is 1. The Labute approximate surface area is 218 Å². The summed E-state index contributed by atoms with van der Waals surface area (Å²) in [6, 6.07) is 13.9. The molecule has 0 aromatic heterocycles. The molecule has 2 heterocycles. The van der Waals surface area contributed by atoms with Crippen LogP contribution in [-0.2, 0) is 19.9 Å². The summed E-state index contributed by atoms with van der Waals surface area (Å²) in [5, 5.41) is 11.6. The molecule has 1 spiro atoms. The number of fused-ring (bicyclic) bond motifs is 2. The number of Topliss-reactive ketones (excluding diaryl/α,β-unsaturated/α-hetero) is 1. The molecule has 1 saturated heterocycles. The van der Waals surface area contributed by atoms with Gasteiger partial charge < -0.3 is 24.5 Å². The first kappa shape index (κ1) is 26.4. The molecule has 0 saturated carbocycles. The van der Waals surface area contributed by atoms with E-state index >= 15 is 0 Å². The molecule has 2 aromatic carbocycles. The Bertz CT molecular complexity index is 1220. The van der Waals surface area contributed by atoms with E-state index in [1.807, 2.05) is 45.0 Å². The molecule has 1 fully saturated rings. The number of nitrogens with zero attached hydrogens (tertiary/aromatic N) is 3. The van der Waals surface area contributed by atoms with Crippen molar-refractivity contribution in [1.29, 1.82) is 0 Å². The number of ether oxygens (including phenoxy) is 1. The van der Waals surface area contributed by atoms with Crippen molar-refractivity contribution in [3.05, 3.63) is 65.2 Å². The van der Waals surface area contributed by atoms with Gasteiger partial charge in [0.05, 0.1) is 17.9 Å². The van der Waals surface area contributed by atoms with Crippen LogP contribution < -0.4 is 9.64 Å². The smallest absolute Gasteiger partial charge is 0.296 e. The van der Waals surface area contributed by atoms with Crippen molar-refractivity contribution in [2.24, 2.45) is 0 Å². The first-order valence-electron chi connectivity index (χ1n) is 12.9. The molecule has 0 radical (unpaired) electrons. The fraction of sp³-hybridized carbons (Fsp3) is 0.414.